The van der Waals surface area contributed by atoms with Crippen LogP contribution in [0.15, 0.2) is 24.3 Å². The number of nitrogens with one attached hydrogen (secondary N) is 2. The number of halogens is 6. The Morgan fingerprint density at radius 1 is 1.04 bits per heavy atom. The molecule has 5 nitrogen and oxygen atoms in total. The van der Waals surface area contributed by atoms with Gasteiger partial charge >= 0.3 is 24.1 Å². The van der Waals surface area contributed by atoms with E-state index in [9.17, 15) is 31.1 Å². The van der Waals surface area contributed by atoms with Crippen LogP contribution in [0.25, 0.3) is 0 Å². The minimum atomic E-state index is -5.91. The maximum atomic E-state index is 13.4. The molecular formula is C15H18F6N2O3. The minimum absolute atomic E-state index is 0.229. The summed E-state index contributed by atoms with van der Waals surface area (Å²) >= 11 is 0. The second-order valence-corrected chi connectivity index (χ2v) is 5.21. The van der Waals surface area contributed by atoms with Crippen molar-refractivity contribution >= 4 is 11.8 Å². The van der Waals surface area contributed by atoms with Gasteiger partial charge in [0.05, 0.1) is 13.7 Å². The Balaban J connectivity index is 3.19. The third-order valence-electron chi connectivity index (χ3n) is 3.29. The number of ether oxygens (including phenoxy) is 2. The first kappa shape index (κ1) is 21.7. The number of alkyl halides is 6. The van der Waals surface area contributed by atoms with E-state index in [-0.39, 0.29) is 12.4 Å². The van der Waals surface area contributed by atoms with Gasteiger partial charge in [-0.15, -0.1) is 0 Å². The maximum Gasteiger partial charge on any atom is 0.439 e. The van der Waals surface area contributed by atoms with E-state index in [4.69, 9.17) is 4.74 Å². The van der Waals surface area contributed by atoms with E-state index in [0.29, 0.717) is 12.8 Å². The molecule has 0 heterocycles. The fraction of sp³-hybridized carbons (Fsp3) is 0.533. The first-order valence-corrected chi connectivity index (χ1v) is 7.47. The summed E-state index contributed by atoms with van der Waals surface area (Å²) < 4.78 is 89.4. The number of rotatable bonds is 7. The topological polar surface area (TPSA) is 59.6 Å². The van der Waals surface area contributed by atoms with Crippen LogP contribution in [0.1, 0.15) is 19.8 Å². The minimum Gasteiger partial charge on any atom is -0.497 e. The zero-order chi connectivity index (χ0) is 20.0. The van der Waals surface area contributed by atoms with Crippen LogP contribution in [-0.2, 0) is 4.74 Å². The Morgan fingerprint density at radius 3 is 2.00 bits per heavy atom. The van der Waals surface area contributed by atoms with Crippen molar-refractivity contribution in [3.05, 3.63) is 24.3 Å². The lowest BCUT2D eigenvalue weighted by atomic mass is 10.1. The number of carbonyl (C=O) groups is 1. The molecule has 0 spiro atoms. The van der Waals surface area contributed by atoms with Crippen molar-refractivity contribution in [2.24, 2.45) is 0 Å². The molecule has 2 N–H and O–H groups in total. The highest BCUT2D eigenvalue weighted by Crippen LogP contribution is 2.43. The molecule has 0 aliphatic heterocycles. The van der Waals surface area contributed by atoms with Crippen LogP contribution in [0.2, 0.25) is 0 Å². The van der Waals surface area contributed by atoms with Crippen LogP contribution < -0.4 is 15.4 Å². The second-order valence-electron chi connectivity index (χ2n) is 5.21. The van der Waals surface area contributed by atoms with Crippen molar-refractivity contribution in [2.45, 2.75) is 37.8 Å². The summed E-state index contributed by atoms with van der Waals surface area (Å²) in [5.41, 5.74) is -5.26. The highest BCUT2D eigenvalue weighted by molar-refractivity contribution is 5.70. The molecule has 0 aromatic heterocycles. The Labute approximate surface area is 145 Å². The number of hydrogen-bond donors (Lipinski definition) is 2. The number of benzene rings is 1. The molecule has 0 bridgehead atoms. The maximum absolute atomic E-state index is 13.4. The van der Waals surface area contributed by atoms with Crippen molar-refractivity contribution in [2.75, 3.05) is 19.0 Å². The Morgan fingerprint density at radius 2 is 1.58 bits per heavy atom. The smallest absolute Gasteiger partial charge is 0.439 e. The largest absolute Gasteiger partial charge is 0.497 e. The molecule has 11 heteroatoms. The predicted molar refractivity (Wildman–Crippen MR) is 80.8 cm³/mol. The normalized spacial score (nSPS) is 12.5. The summed E-state index contributed by atoms with van der Waals surface area (Å²) in [6, 6.07) is 4.24. The molecule has 0 radical (unpaired) electrons. The number of methoxy groups -OCH3 is 1. The fourth-order valence-electron chi connectivity index (χ4n) is 1.86. The van der Waals surface area contributed by atoms with E-state index in [1.54, 1.807) is 6.92 Å². The summed E-state index contributed by atoms with van der Waals surface area (Å²) in [6.07, 6.45) is -12.8. The number of alkyl carbamates (subject to hydrolysis) is 1. The number of unbranched alkanes of at least 4 members (excludes halogenated alkanes) is 1. The predicted octanol–water partition coefficient (Wildman–Crippen LogP) is 4.45. The van der Waals surface area contributed by atoms with Gasteiger partial charge < -0.3 is 14.8 Å². The zero-order valence-electron chi connectivity index (χ0n) is 13.9. The molecule has 0 atom stereocenters. The number of amides is 1. The van der Waals surface area contributed by atoms with Crippen molar-refractivity contribution in [1.29, 1.82) is 0 Å². The molecule has 0 aliphatic carbocycles. The van der Waals surface area contributed by atoms with Gasteiger partial charge in [-0.05, 0) is 30.7 Å². The van der Waals surface area contributed by atoms with Crippen molar-refractivity contribution < 1.29 is 40.6 Å². The summed E-state index contributed by atoms with van der Waals surface area (Å²) in [4.78, 5) is 11.5. The van der Waals surface area contributed by atoms with E-state index >= 15 is 0 Å². The highest BCUT2D eigenvalue weighted by atomic mass is 19.4. The van der Waals surface area contributed by atoms with Gasteiger partial charge in [0, 0.05) is 5.69 Å². The number of anilines is 1. The van der Waals surface area contributed by atoms with Crippen molar-refractivity contribution in [3.8, 4) is 5.75 Å². The molecule has 1 rings (SSSR count). The van der Waals surface area contributed by atoms with Gasteiger partial charge in [0.1, 0.15) is 5.75 Å². The Hall–Kier alpha value is -2.33. The lowest BCUT2D eigenvalue weighted by molar-refractivity contribution is -0.294. The zero-order valence-corrected chi connectivity index (χ0v) is 13.9. The molecule has 1 aromatic carbocycles. The first-order valence-electron chi connectivity index (χ1n) is 7.47. The van der Waals surface area contributed by atoms with Crippen molar-refractivity contribution in [1.82, 2.24) is 5.32 Å². The molecule has 148 valence electrons. The van der Waals surface area contributed by atoms with Crippen LogP contribution >= 0.6 is 0 Å². The SMILES string of the molecule is CCCCOC(=O)NC(Nc1ccc(OC)cc1)(C(F)(F)F)C(F)(F)F. The molecule has 1 aromatic rings. The van der Waals surface area contributed by atoms with E-state index < -0.39 is 29.8 Å². The Kier molecular flexibility index (Phi) is 6.99. The summed E-state index contributed by atoms with van der Waals surface area (Å²) in [7, 11) is 1.28. The first-order chi connectivity index (χ1) is 12.0. The fourth-order valence-corrected chi connectivity index (χ4v) is 1.86. The average molecular weight is 388 g/mol. The molecule has 0 saturated heterocycles. The van der Waals surface area contributed by atoms with Gasteiger partial charge in [-0.3, -0.25) is 5.32 Å². The number of hydrogen-bond acceptors (Lipinski definition) is 4. The molecule has 0 fully saturated rings. The molecule has 26 heavy (non-hydrogen) atoms. The van der Waals surface area contributed by atoms with Crippen molar-refractivity contribution in [3.63, 3.8) is 0 Å². The van der Waals surface area contributed by atoms with Gasteiger partial charge in [0.15, 0.2) is 0 Å². The third-order valence-corrected chi connectivity index (χ3v) is 3.29. The van der Waals surface area contributed by atoms with Crippen LogP contribution in [0, 0.1) is 0 Å². The monoisotopic (exact) mass is 388 g/mol. The Bertz CT molecular complexity index is 573. The molecule has 1 amide bonds. The van der Waals surface area contributed by atoms with E-state index in [1.807, 2.05) is 0 Å². The van der Waals surface area contributed by atoms with Gasteiger partial charge in [-0.2, -0.15) is 26.3 Å². The van der Waals surface area contributed by atoms with E-state index in [2.05, 4.69) is 4.74 Å². The average Bonchev–Trinajstić information content (AvgIpc) is 2.53. The summed E-state index contributed by atoms with van der Waals surface area (Å²) in [5, 5.41) is 2.22. The van der Waals surface area contributed by atoms with Gasteiger partial charge in [-0.1, -0.05) is 13.3 Å². The van der Waals surface area contributed by atoms with Gasteiger partial charge in [0.25, 0.3) is 0 Å². The quantitative estimate of drug-likeness (QED) is 0.412. The molecule has 0 unspecified atom stereocenters. The summed E-state index contributed by atoms with van der Waals surface area (Å²) in [6.45, 7) is 1.40. The number of carbonyl (C=O) groups excluding carboxylic acids is 1. The standard InChI is InChI=1S/C15H18F6N2O3/c1-3-4-9-26-12(24)23-13(14(16,17)18,15(19,20)21)22-10-5-7-11(25-2)8-6-10/h5-8,22H,3-4,9H2,1-2H3,(H,23,24). The molecule has 0 saturated carbocycles. The molecule has 0 aliphatic rings. The second kappa shape index (κ2) is 8.37. The molecular weight excluding hydrogens is 370 g/mol. The van der Waals surface area contributed by atoms with E-state index in [1.165, 1.54) is 24.6 Å². The highest BCUT2D eigenvalue weighted by Gasteiger charge is 2.73. The summed E-state index contributed by atoms with van der Waals surface area (Å²) in [5.74, 6) is 0.229. The van der Waals surface area contributed by atoms with Gasteiger partial charge in [0.2, 0.25) is 0 Å². The van der Waals surface area contributed by atoms with Crippen LogP contribution in [0.5, 0.6) is 5.75 Å². The third kappa shape index (κ3) is 5.09. The van der Waals surface area contributed by atoms with Crippen LogP contribution in [0.3, 0.4) is 0 Å². The lowest BCUT2D eigenvalue weighted by Gasteiger charge is -2.38. The van der Waals surface area contributed by atoms with Crippen LogP contribution in [-0.4, -0.2) is 37.8 Å². The van der Waals surface area contributed by atoms with Gasteiger partial charge in [-0.25, -0.2) is 4.79 Å². The lowest BCUT2D eigenvalue weighted by Crippen LogP contribution is -2.72. The van der Waals surface area contributed by atoms with E-state index in [0.717, 1.165) is 17.4 Å². The van der Waals surface area contributed by atoms with Crippen LogP contribution in [0.4, 0.5) is 36.8 Å².